The molecule has 228 valence electrons. The molecule has 1 saturated heterocycles. The monoisotopic (exact) mass is 584 g/mol. The van der Waals surface area contributed by atoms with Gasteiger partial charge in [0.2, 0.25) is 0 Å². The lowest BCUT2D eigenvalue weighted by Crippen LogP contribution is -2.66. The molecule has 9 atom stereocenters. The van der Waals surface area contributed by atoms with Crippen LogP contribution in [0.5, 0.6) is 0 Å². The van der Waals surface area contributed by atoms with Gasteiger partial charge in [-0.15, -0.1) is 0 Å². The molecular formula is C32H40O10. The van der Waals surface area contributed by atoms with Gasteiger partial charge in [-0.2, -0.15) is 0 Å². The summed E-state index contributed by atoms with van der Waals surface area (Å²) in [5.74, 6) is -3.63. The number of cyclic esters (lactones) is 1. The van der Waals surface area contributed by atoms with Crippen molar-refractivity contribution in [2.75, 3.05) is 7.11 Å². The summed E-state index contributed by atoms with van der Waals surface area (Å²) in [4.78, 5) is 51.5. The van der Waals surface area contributed by atoms with Crippen LogP contribution in [-0.2, 0) is 42.9 Å². The molecule has 4 aliphatic rings. The zero-order valence-electron chi connectivity index (χ0n) is 25.3. The maximum atomic E-state index is 13.1. The fourth-order valence-electron chi connectivity index (χ4n) is 8.51. The Morgan fingerprint density at radius 2 is 1.83 bits per heavy atom. The molecule has 10 nitrogen and oxygen atoms in total. The number of rotatable bonds is 7. The van der Waals surface area contributed by atoms with Crippen molar-refractivity contribution >= 4 is 23.9 Å². The van der Waals surface area contributed by atoms with Gasteiger partial charge in [-0.3, -0.25) is 14.4 Å². The normalized spacial score (nSPS) is 39.8. The van der Waals surface area contributed by atoms with Gasteiger partial charge in [-0.05, 0) is 37.5 Å². The molecule has 0 radical (unpaired) electrons. The van der Waals surface area contributed by atoms with Crippen LogP contribution in [0.4, 0.5) is 0 Å². The smallest absolute Gasteiger partial charge is 0.330 e. The molecule has 9 unspecified atom stereocenters. The van der Waals surface area contributed by atoms with E-state index in [4.69, 9.17) is 28.1 Å². The van der Waals surface area contributed by atoms with Crippen LogP contribution in [0.3, 0.4) is 0 Å². The number of hydrogen-bond acceptors (Lipinski definition) is 10. The zero-order chi connectivity index (χ0) is 30.8. The highest BCUT2D eigenvalue weighted by atomic mass is 16.6. The molecule has 0 aromatic carbocycles. The van der Waals surface area contributed by atoms with Crippen molar-refractivity contribution in [2.45, 2.75) is 96.2 Å². The van der Waals surface area contributed by atoms with Crippen molar-refractivity contribution in [1.29, 1.82) is 0 Å². The Morgan fingerprint density at radius 3 is 2.43 bits per heavy atom. The van der Waals surface area contributed by atoms with E-state index in [1.807, 2.05) is 19.9 Å². The van der Waals surface area contributed by atoms with Crippen LogP contribution < -0.4 is 0 Å². The van der Waals surface area contributed by atoms with E-state index < -0.39 is 70.0 Å². The molecule has 0 amide bonds. The fourth-order valence-corrected chi connectivity index (χ4v) is 8.51. The van der Waals surface area contributed by atoms with Gasteiger partial charge >= 0.3 is 23.9 Å². The zero-order valence-corrected chi connectivity index (χ0v) is 25.3. The summed E-state index contributed by atoms with van der Waals surface area (Å²) < 4.78 is 35.2. The minimum Gasteiger partial charge on any atom is -0.472 e. The van der Waals surface area contributed by atoms with Crippen LogP contribution in [0.25, 0.3) is 0 Å². The summed E-state index contributed by atoms with van der Waals surface area (Å²) in [7, 11) is 1.30. The van der Waals surface area contributed by atoms with Gasteiger partial charge in [0, 0.05) is 42.6 Å². The fraction of sp³-hybridized carbons (Fsp3) is 0.625. The van der Waals surface area contributed by atoms with Crippen molar-refractivity contribution in [3.8, 4) is 0 Å². The summed E-state index contributed by atoms with van der Waals surface area (Å²) in [5.41, 5.74) is -2.45. The van der Waals surface area contributed by atoms with Gasteiger partial charge in [0.05, 0.1) is 37.6 Å². The van der Waals surface area contributed by atoms with Crippen LogP contribution in [-0.4, -0.2) is 60.5 Å². The molecular weight excluding hydrogens is 544 g/mol. The lowest BCUT2D eigenvalue weighted by atomic mass is 9.48. The first-order valence-electron chi connectivity index (χ1n) is 14.4. The van der Waals surface area contributed by atoms with Gasteiger partial charge in [0.25, 0.3) is 0 Å². The van der Waals surface area contributed by atoms with Gasteiger partial charge in [0.1, 0.15) is 23.4 Å². The number of allylic oxidation sites excluding steroid dienone is 1. The Labute approximate surface area is 245 Å². The molecule has 3 fully saturated rings. The van der Waals surface area contributed by atoms with E-state index in [2.05, 4.69) is 6.58 Å². The molecule has 2 aliphatic carbocycles. The quantitative estimate of drug-likeness (QED) is 0.196. The molecule has 1 spiro atoms. The molecule has 10 heteroatoms. The minimum atomic E-state index is -1.14. The third-order valence-electron chi connectivity index (χ3n) is 10.4. The molecule has 42 heavy (non-hydrogen) atoms. The first-order chi connectivity index (χ1) is 19.7. The first kappa shape index (κ1) is 30.1. The average Bonchev–Trinajstić information content (AvgIpc) is 3.29. The van der Waals surface area contributed by atoms with Crippen LogP contribution in [0.2, 0.25) is 0 Å². The van der Waals surface area contributed by atoms with E-state index >= 15 is 0 Å². The number of methoxy groups -OCH3 is 1. The number of hydrogen-bond donors (Lipinski definition) is 0. The summed E-state index contributed by atoms with van der Waals surface area (Å²) in [6.45, 7) is 15.0. The number of furan rings is 1. The molecule has 5 rings (SSSR count). The van der Waals surface area contributed by atoms with Gasteiger partial charge in [0.15, 0.2) is 0 Å². The van der Waals surface area contributed by atoms with E-state index in [1.165, 1.54) is 20.1 Å². The molecule has 1 aromatic heterocycles. The predicted octanol–water partition coefficient (Wildman–Crippen LogP) is 4.43. The highest BCUT2D eigenvalue weighted by Crippen LogP contribution is 2.76. The number of epoxide rings is 1. The Balaban J connectivity index is 1.75. The van der Waals surface area contributed by atoms with Crippen molar-refractivity contribution in [3.63, 3.8) is 0 Å². The summed E-state index contributed by atoms with van der Waals surface area (Å²) >= 11 is 0. The Hall–Kier alpha value is -3.40. The molecule has 0 N–H and O–H groups in total. The standard InChI is InChI=1S/C32H40O10/c1-9-23(34)40-28-27(39-18(3)33)26(30(6)12-10-24(35)42-29(4,5)21(30)15-25(36)37-8)17(2)32-22(41-32)14-20(31(28,32)7)19-11-13-38-16-19/h10-13,16,20-22,26-28H,2,9,14-15H2,1,3-8H3. The summed E-state index contributed by atoms with van der Waals surface area (Å²) in [6.07, 6.45) is 4.72. The van der Waals surface area contributed by atoms with E-state index in [9.17, 15) is 19.2 Å². The minimum absolute atomic E-state index is 0.0974. The number of esters is 4. The Kier molecular flexibility index (Phi) is 7.23. The summed E-state index contributed by atoms with van der Waals surface area (Å²) in [5, 5.41) is 0. The second kappa shape index (κ2) is 10.1. The highest BCUT2D eigenvalue weighted by Gasteiger charge is 2.84. The Bertz CT molecular complexity index is 1330. The largest absolute Gasteiger partial charge is 0.472 e. The lowest BCUT2D eigenvalue weighted by molar-refractivity contribution is -0.209. The maximum Gasteiger partial charge on any atom is 0.330 e. The number of carbonyl (C=O) groups excluding carboxylic acids is 4. The average molecular weight is 585 g/mol. The van der Waals surface area contributed by atoms with E-state index in [1.54, 1.807) is 39.4 Å². The maximum absolute atomic E-state index is 13.1. The topological polar surface area (TPSA) is 131 Å². The third-order valence-corrected chi connectivity index (χ3v) is 10.4. The van der Waals surface area contributed by atoms with Crippen LogP contribution >= 0.6 is 0 Å². The van der Waals surface area contributed by atoms with Crippen molar-refractivity contribution in [2.24, 2.45) is 22.7 Å². The number of carbonyl (C=O) groups is 4. The second-order valence-electron chi connectivity index (χ2n) is 12.9. The predicted molar refractivity (Wildman–Crippen MR) is 148 cm³/mol. The van der Waals surface area contributed by atoms with Gasteiger partial charge in [-0.1, -0.05) is 33.4 Å². The van der Waals surface area contributed by atoms with Gasteiger partial charge in [-0.25, -0.2) is 4.79 Å². The SMILES string of the molecule is C=C1C(C2(C)C=CC(=O)OC(C)(C)C2CC(=O)OC)C(OC(C)=O)C(OC(=O)CC)C2(C)C(c3ccoc3)CC3OC132. The van der Waals surface area contributed by atoms with E-state index in [0.29, 0.717) is 12.0 Å². The van der Waals surface area contributed by atoms with Crippen LogP contribution in [0.15, 0.2) is 47.3 Å². The van der Waals surface area contributed by atoms with Gasteiger partial charge < -0.3 is 28.1 Å². The van der Waals surface area contributed by atoms with E-state index in [0.717, 1.165) is 5.56 Å². The highest BCUT2D eigenvalue weighted by molar-refractivity contribution is 5.83. The van der Waals surface area contributed by atoms with Crippen molar-refractivity contribution in [3.05, 3.63) is 48.5 Å². The third kappa shape index (κ3) is 4.24. The van der Waals surface area contributed by atoms with E-state index in [-0.39, 0.29) is 24.9 Å². The molecule has 3 heterocycles. The lowest BCUT2D eigenvalue weighted by Gasteiger charge is -2.58. The van der Waals surface area contributed by atoms with Crippen LogP contribution in [0.1, 0.15) is 72.3 Å². The molecule has 2 saturated carbocycles. The first-order valence-corrected chi connectivity index (χ1v) is 14.4. The van der Waals surface area contributed by atoms with Crippen LogP contribution in [0, 0.1) is 22.7 Å². The molecule has 1 aromatic rings. The summed E-state index contributed by atoms with van der Waals surface area (Å²) in [6, 6.07) is 1.88. The van der Waals surface area contributed by atoms with Crippen molar-refractivity contribution in [1.82, 2.24) is 0 Å². The Morgan fingerprint density at radius 1 is 1.12 bits per heavy atom. The molecule has 0 bridgehead atoms. The second-order valence-corrected chi connectivity index (χ2v) is 12.9. The number of ether oxygens (including phenoxy) is 5. The van der Waals surface area contributed by atoms with Crippen molar-refractivity contribution < 1.29 is 47.3 Å². The molecule has 2 aliphatic heterocycles.